The number of hydrogen-bond donors (Lipinski definition) is 1. The molecule has 0 saturated heterocycles. The first-order valence-electron chi connectivity index (χ1n) is 4.30. The van der Waals surface area contributed by atoms with E-state index in [0.717, 1.165) is 18.7 Å². The minimum atomic E-state index is 0. The minimum Gasteiger partial charge on any atom is -0.319 e. The van der Waals surface area contributed by atoms with E-state index >= 15 is 0 Å². The summed E-state index contributed by atoms with van der Waals surface area (Å²) in [5.41, 5.74) is 3.82. The highest BCUT2D eigenvalue weighted by molar-refractivity contribution is 8.93. The van der Waals surface area contributed by atoms with Gasteiger partial charge >= 0.3 is 0 Å². The Morgan fingerprint density at radius 2 is 1.86 bits per heavy atom. The van der Waals surface area contributed by atoms with Crippen LogP contribution in [-0.2, 0) is 13.5 Å². The summed E-state index contributed by atoms with van der Waals surface area (Å²) in [4.78, 5) is 0. The van der Waals surface area contributed by atoms with Gasteiger partial charge in [-0.1, -0.05) is 0 Å². The Bertz CT molecular complexity index is 271. The lowest BCUT2D eigenvalue weighted by molar-refractivity contribution is 0.728. The molecule has 84 valence electrons. The number of nitrogens with one attached hydrogen (secondary N) is 1. The van der Waals surface area contributed by atoms with Crippen molar-refractivity contribution < 1.29 is 0 Å². The topological polar surface area (TPSA) is 29.9 Å². The van der Waals surface area contributed by atoms with E-state index in [0.29, 0.717) is 0 Å². The molecule has 1 rings (SSSR count). The zero-order valence-electron chi connectivity index (χ0n) is 9.13. The fourth-order valence-corrected chi connectivity index (χ4v) is 1.43. The van der Waals surface area contributed by atoms with Gasteiger partial charge < -0.3 is 5.32 Å². The van der Waals surface area contributed by atoms with Crippen molar-refractivity contribution in [1.82, 2.24) is 15.1 Å². The predicted octanol–water partition coefficient (Wildman–Crippen LogP) is 1.95. The highest BCUT2D eigenvalue weighted by Gasteiger charge is 2.07. The summed E-state index contributed by atoms with van der Waals surface area (Å²) in [6, 6.07) is 0. The van der Waals surface area contributed by atoms with Gasteiger partial charge in [-0.05, 0) is 39.4 Å². The molecule has 0 saturated carbocycles. The van der Waals surface area contributed by atoms with Gasteiger partial charge in [-0.3, -0.25) is 4.68 Å². The standard InChI is InChI=1S/C9H17N3.2BrH/c1-7-9(5-6-10-3)8(2)12(4)11-7;;/h10H,5-6H2,1-4H3;2*1H. The van der Waals surface area contributed by atoms with Gasteiger partial charge in [-0.15, -0.1) is 34.0 Å². The van der Waals surface area contributed by atoms with Gasteiger partial charge in [0.1, 0.15) is 0 Å². The van der Waals surface area contributed by atoms with E-state index < -0.39 is 0 Å². The van der Waals surface area contributed by atoms with Crippen LogP contribution < -0.4 is 5.32 Å². The molecule has 3 nitrogen and oxygen atoms in total. The second-order valence-electron chi connectivity index (χ2n) is 3.13. The third-order valence-electron chi connectivity index (χ3n) is 2.28. The van der Waals surface area contributed by atoms with Crippen molar-refractivity contribution >= 4 is 34.0 Å². The molecule has 0 bridgehead atoms. The summed E-state index contributed by atoms with van der Waals surface area (Å²) in [6.45, 7) is 5.20. The summed E-state index contributed by atoms with van der Waals surface area (Å²) in [5.74, 6) is 0. The summed E-state index contributed by atoms with van der Waals surface area (Å²) in [5, 5.41) is 7.50. The van der Waals surface area contributed by atoms with Gasteiger partial charge in [0.15, 0.2) is 0 Å². The molecule has 0 spiro atoms. The van der Waals surface area contributed by atoms with Gasteiger partial charge in [0.25, 0.3) is 0 Å². The lowest BCUT2D eigenvalue weighted by atomic mass is 10.1. The van der Waals surface area contributed by atoms with Crippen LogP contribution in [0, 0.1) is 13.8 Å². The van der Waals surface area contributed by atoms with E-state index in [2.05, 4.69) is 24.3 Å². The van der Waals surface area contributed by atoms with E-state index in [1.807, 2.05) is 18.8 Å². The number of nitrogens with zero attached hydrogens (tertiary/aromatic N) is 2. The average molecular weight is 329 g/mol. The maximum Gasteiger partial charge on any atom is 0.0628 e. The maximum atomic E-state index is 4.35. The SMILES string of the molecule is Br.Br.CNCCc1c(C)nn(C)c1C. The molecule has 5 heteroatoms. The first-order valence-corrected chi connectivity index (χ1v) is 4.30. The van der Waals surface area contributed by atoms with Crippen LogP contribution in [0.5, 0.6) is 0 Å². The Labute approximate surface area is 107 Å². The van der Waals surface area contributed by atoms with Crippen LogP contribution in [0.15, 0.2) is 0 Å². The number of aryl methyl sites for hydroxylation is 2. The molecule has 1 heterocycles. The van der Waals surface area contributed by atoms with Crippen molar-refractivity contribution in [3.8, 4) is 0 Å². The molecule has 0 radical (unpaired) electrons. The zero-order valence-corrected chi connectivity index (χ0v) is 12.6. The van der Waals surface area contributed by atoms with Crippen LogP contribution >= 0.6 is 34.0 Å². The van der Waals surface area contributed by atoms with Gasteiger partial charge in [0.05, 0.1) is 5.69 Å². The molecule has 1 N–H and O–H groups in total. The second-order valence-corrected chi connectivity index (χ2v) is 3.13. The van der Waals surface area contributed by atoms with Crippen LogP contribution in [0.25, 0.3) is 0 Å². The van der Waals surface area contributed by atoms with E-state index in [-0.39, 0.29) is 34.0 Å². The summed E-state index contributed by atoms with van der Waals surface area (Å²) < 4.78 is 1.94. The molecule has 0 atom stereocenters. The highest BCUT2D eigenvalue weighted by atomic mass is 79.9. The van der Waals surface area contributed by atoms with Crippen molar-refractivity contribution in [1.29, 1.82) is 0 Å². The van der Waals surface area contributed by atoms with Crippen LogP contribution in [0.4, 0.5) is 0 Å². The van der Waals surface area contributed by atoms with Crippen LogP contribution in [-0.4, -0.2) is 23.4 Å². The van der Waals surface area contributed by atoms with Crippen LogP contribution in [0.1, 0.15) is 17.0 Å². The largest absolute Gasteiger partial charge is 0.319 e. The number of likely N-dealkylation sites (N-methyl/N-ethyl adjacent to an activating group) is 1. The Morgan fingerprint density at radius 3 is 2.21 bits per heavy atom. The highest BCUT2D eigenvalue weighted by Crippen LogP contribution is 2.11. The lowest BCUT2D eigenvalue weighted by Crippen LogP contribution is -2.11. The van der Waals surface area contributed by atoms with Gasteiger partial charge in [-0.2, -0.15) is 5.10 Å². The smallest absolute Gasteiger partial charge is 0.0628 e. The van der Waals surface area contributed by atoms with Crippen molar-refractivity contribution in [3.63, 3.8) is 0 Å². The molecule has 0 aliphatic rings. The molecule has 0 fully saturated rings. The molecule has 1 aromatic rings. The van der Waals surface area contributed by atoms with Crippen molar-refractivity contribution in [3.05, 3.63) is 17.0 Å². The Morgan fingerprint density at radius 1 is 1.29 bits per heavy atom. The Balaban J connectivity index is 0. The Kier molecular flexibility index (Phi) is 8.78. The minimum absolute atomic E-state index is 0. The number of rotatable bonds is 3. The van der Waals surface area contributed by atoms with E-state index in [1.54, 1.807) is 0 Å². The molecule has 0 unspecified atom stereocenters. The predicted molar refractivity (Wildman–Crippen MR) is 71.0 cm³/mol. The molecule has 0 amide bonds. The van der Waals surface area contributed by atoms with E-state index in [4.69, 9.17) is 0 Å². The number of halogens is 2. The summed E-state index contributed by atoms with van der Waals surface area (Å²) >= 11 is 0. The molecular weight excluding hydrogens is 310 g/mol. The second kappa shape index (κ2) is 7.43. The Hall–Kier alpha value is 0.130. The van der Waals surface area contributed by atoms with Gasteiger partial charge in [0.2, 0.25) is 0 Å². The normalized spacial score (nSPS) is 9.14. The monoisotopic (exact) mass is 327 g/mol. The fourth-order valence-electron chi connectivity index (χ4n) is 1.43. The van der Waals surface area contributed by atoms with E-state index in [9.17, 15) is 0 Å². The van der Waals surface area contributed by atoms with Crippen LogP contribution in [0.2, 0.25) is 0 Å². The van der Waals surface area contributed by atoms with Crippen molar-refractivity contribution in [2.45, 2.75) is 20.3 Å². The molecule has 0 aliphatic carbocycles. The average Bonchev–Trinajstić information content (AvgIpc) is 2.25. The number of aromatic nitrogens is 2. The molecular formula is C9H19Br2N3. The fraction of sp³-hybridized carbons (Fsp3) is 0.667. The third-order valence-corrected chi connectivity index (χ3v) is 2.28. The molecule has 0 aliphatic heterocycles. The summed E-state index contributed by atoms with van der Waals surface area (Å²) in [6.07, 6.45) is 1.07. The first-order chi connectivity index (χ1) is 5.66. The number of hydrogen-bond acceptors (Lipinski definition) is 2. The first kappa shape index (κ1) is 16.6. The maximum absolute atomic E-state index is 4.35. The third kappa shape index (κ3) is 3.71. The van der Waals surface area contributed by atoms with Gasteiger partial charge in [-0.25, -0.2) is 0 Å². The van der Waals surface area contributed by atoms with E-state index in [1.165, 1.54) is 11.3 Å². The summed E-state index contributed by atoms with van der Waals surface area (Å²) in [7, 11) is 3.96. The van der Waals surface area contributed by atoms with Crippen LogP contribution in [0.3, 0.4) is 0 Å². The molecule has 1 aromatic heterocycles. The molecule has 0 aromatic carbocycles. The zero-order chi connectivity index (χ0) is 9.14. The molecule has 14 heavy (non-hydrogen) atoms. The lowest BCUT2D eigenvalue weighted by Gasteiger charge is -2.00. The quantitative estimate of drug-likeness (QED) is 0.919. The van der Waals surface area contributed by atoms with Crippen molar-refractivity contribution in [2.24, 2.45) is 7.05 Å². The van der Waals surface area contributed by atoms with Crippen molar-refractivity contribution in [2.75, 3.05) is 13.6 Å². The van der Waals surface area contributed by atoms with Gasteiger partial charge in [0, 0.05) is 12.7 Å².